The molecule has 0 fully saturated rings. The van der Waals surface area contributed by atoms with Crippen molar-refractivity contribution in [3.8, 4) is 5.75 Å². The highest BCUT2D eigenvalue weighted by Crippen LogP contribution is 2.23. The maximum atomic E-state index is 12.6. The van der Waals surface area contributed by atoms with Crippen molar-refractivity contribution in [2.75, 3.05) is 31.3 Å². The van der Waals surface area contributed by atoms with Crippen LogP contribution in [0.5, 0.6) is 5.75 Å². The molecule has 5 nitrogen and oxygen atoms in total. The molecule has 0 heterocycles. The lowest BCUT2D eigenvalue weighted by Gasteiger charge is -2.22. The number of hydrogen-bond acceptors (Lipinski definition) is 4. The minimum absolute atomic E-state index is 0.0513. The van der Waals surface area contributed by atoms with Gasteiger partial charge in [-0.3, -0.25) is 9.59 Å². The van der Waals surface area contributed by atoms with E-state index >= 15 is 0 Å². The third kappa shape index (κ3) is 6.64. The Balaban J connectivity index is 1.93. The lowest BCUT2D eigenvalue weighted by atomic mass is 10.2. The Labute approximate surface area is 165 Å². The van der Waals surface area contributed by atoms with Gasteiger partial charge >= 0.3 is 0 Å². The lowest BCUT2D eigenvalue weighted by Crippen LogP contribution is -2.39. The van der Waals surface area contributed by atoms with Crippen molar-refractivity contribution >= 4 is 29.3 Å². The van der Waals surface area contributed by atoms with Gasteiger partial charge < -0.3 is 15.0 Å². The molecule has 0 saturated heterocycles. The molecule has 0 atom stereocenters. The van der Waals surface area contributed by atoms with Crippen molar-refractivity contribution in [1.82, 2.24) is 4.90 Å². The average Bonchev–Trinajstić information content (AvgIpc) is 2.67. The van der Waals surface area contributed by atoms with Crippen molar-refractivity contribution in [2.24, 2.45) is 0 Å². The molecule has 0 aliphatic rings. The molecule has 0 saturated carbocycles. The predicted octanol–water partition coefficient (Wildman–Crippen LogP) is 3.97. The molecule has 0 unspecified atom stereocenters. The molecule has 1 N–H and O–H groups in total. The number of para-hydroxylation sites is 1. The van der Waals surface area contributed by atoms with Gasteiger partial charge in [-0.1, -0.05) is 31.2 Å². The first kappa shape index (κ1) is 20.8. The molecule has 2 amide bonds. The summed E-state index contributed by atoms with van der Waals surface area (Å²) in [4.78, 5) is 27.6. The van der Waals surface area contributed by atoms with Gasteiger partial charge in [-0.15, -0.1) is 11.8 Å². The SMILES string of the molecule is CCCN(CC(=O)Nc1ccccc1C)C(=O)CSc1cccc(OC)c1. The van der Waals surface area contributed by atoms with Crippen molar-refractivity contribution < 1.29 is 14.3 Å². The number of nitrogens with one attached hydrogen (secondary N) is 1. The van der Waals surface area contributed by atoms with Gasteiger partial charge in [-0.05, 0) is 43.2 Å². The van der Waals surface area contributed by atoms with Crippen LogP contribution in [-0.4, -0.2) is 42.7 Å². The van der Waals surface area contributed by atoms with E-state index in [1.54, 1.807) is 12.0 Å². The van der Waals surface area contributed by atoms with Gasteiger partial charge in [0.1, 0.15) is 5.75 Å². The highest BCUT2D eigenvalue weighted by molar-refractivity contribution is 8.00. The Kier molecular flexibility index (Phi) is 8.20. The first-order chi connectivity index (χ1) is 13.0. The molecule has 2 rings (SSSR count). The topological polar surface area (TPSA) is 58.6 Å². The number of rotatable bonds is 9. The summed E-state index contributed by atoms with van der Waals surface area (Å²) in [6.07, 6.45) is 0.799. The van der Waals surface area contributed by atoms with Crippen LogP contribution in [-0.2, 0) is 9.59 Å². The van der Waals surface area contributed by atoms with E-state index in [1.165, 1.54) is 11.8 Å². The molecular formula is C21H26N2O3S. The van der Waals surface area contributed by atoms with E-state index in [2.05, 4.69) is 5.32 Å². The third-order valence-electron chi connectivity index (χ3n) is 4.00. The normalized spacial score (nSPS) is 10.3. The van der Waals surface area contributed by atoms with Crippen LogP contribution in [0.2, 0.25) is 0 Å². The van der Waals surface area contributed by atoms with Crippen LogP contribution in [0.3, 0.4) is 0 Å². The number of methoxy groups -OCH3 is 1. The molecule has 2 aromatic carbocycles. The Bertz CT molecular complexity index is 780. The van der Waals surface area contributed by atoms with E-state index in [0.717, 1.165) is 28.3 Å². The van der Waals surface area contributed by atoms with Crippen LogP contribution in [0.15, 0.2) is 53.4 Å². The van der Waals surface area contributed by atoms with Crippen LogP contribution >= 0.6 is 11.8 Å². The number of anilines is 1. The molecule has 27 heavy (non-hydrogen) atoms. The first-order valence-electron chi connectivity index (χ1n) is 8.93. The molecule has 0 aromatic heterocycles. The largest absolute Gasteiger partial charge is 0.497 e. The summed E-state index contributed by atoms with van der Waals surface area (Å²) in [6, 6.07) is 15.2. The molecule has 0 spiro atoms. The second-order valence-electron chi connectivity index (χ2n) is 6.15. The lowest BCUT2D eigenvalue weighted by molar-refractivity contribution is -0.132. The van der Waals surface area contributed by atoms with E-state index in [0.29, 0.717) is 6.54 Å². The van der Waals surface area contributed by atoms with Crippen molar-refractivity contribution in [2.45, 2.75) is 25.2 Å². The minimum Gasteiger partial charge on any atom is -0.497 e. The van der Waals surface area contributed by atoms with Gasteiger partial charge in [0.05, 0.1) is 19.4 Å². The number of benzene rings is 2. The van der Waals surface area contributed by atoms with Crippen molar-refractivity contribution in [3.05, 3.63) is 54.1 Å². The summed E-state index contributed by atoms with van der Waals surface area (Å²) in [7, 11) is 1.62. The van der Waals surface area contributed by atoms with E-state index in [-0.39, 0.29) is 24.1 Å². The maximum absolute atomic E-state index is 12.6. The summed E-state index contributed by atoms with van der Waals surface area (Å²) >= 11 is 1.44. The maximum Gasteiger partial charge on any atom is 0.244 e. The number of carbonyl (C=O) groups excluding carboxylic acids is 2. The summed E-state index contributed by atoms with van der Waals surface area (Å²) in [5.41, 5.74) is 1.77. The van der Waals surface area contributed by atoms with Crippen molar-refractivity contribution in [3.63, 3.8) is 0 Å². The van der Waals surface area contributed by atoms with Gasteiger partial charge in [0.25, 0.3) is 0 Å². The Morgan fingerprint density at radius 2 is 1.93 bits per heavy atom. The summed E-state index contributed by atoms with van der Waals surface area (Å²) in [5, 5.41) is 2.89. The highest BCUT2D eigenvalue weighted by Gasteiger charge is 2.17. The number of hydrogen-bond donors (Lipinski definition) is 1. The number of aryl methyl sites for hydroxylation is 1. The first-order valence-corrected chi connectivity index (χ1v) is 9.92. The Morgan fingerprint density at radius 1 is 1.15 bits per heavy atom. The molecule has 6 heteroatoms. The standard InChI is InChI=1S/C21H26N2O3S/c1-4-12-23(14-20(24)22-19-11-6-5-8-16(19)2)21(25)15-27-18-10-7-9-17(13-18)26-3/h5-11,13H,4,12,14-15H2,1-3H3,(H,22,24). The summed E-state index contributed by atoms with van der Waals surface area (Å²) < 4.78 is 5.20. The molecule has 0 aliphatic heterocycles. The minimum atomic E-state index is -0.183. The smallest absolute Gasteiger partial charge is 0.244 e. The quantitative estimate of drug-likeness (QED) is 0.663. The van der Waals surface area contributed by atoms with E-state index in [1.807, 2.05) is 62.4 Å². The fourth-order valence-electron chi connectivity index (χ4n) is 2.57. The molecule has 0 aliphatic carbocycles. The number of carbonyl (C=O) groups is 2. The van der Waals surface area contributed by atoms with Crippen LogP contribution in [0, 0.1) is 6.92 Å². The van der Waals surface area contributed by atoms with Gasteiger partial charge in [0.15, 0.2) is 0 Å². The Morgan fingerprint density at radius 3 is 2.63 bits per heavy atom. The monoisotopic (exact) mass is 386 g/mol. The number of nitrogens with zero attached hydrogens (tertiary/aromatic N) is 1. The van der Waals surface area contributed by atoms with E-state index in [4.69, 9.17) is 4.74 Å². The van der Waals surface area contributed by atoms with E-state index < -0.39 is 0 Å². The average molecular weight is 387 g/mol. The second kappa shape index (κ2) is 10.6. The predicted molar refractivity (Wildman–Crippen MR) is 110 cm³/mol. The number of ether oxygens (including phenoxy) is 1. The van der Waals surface area contributed by atoms with Crippen LogP contribution in [0.25, 0.3) is 0 Å². The Hall–Kier alpha value is -2.47. The zero-order valence-corrected chi connectivity index (χ0v) is 16.8. The fraction of sp³-hybridized carbons (Fsp3) is 0.333. The number of thioether (sulfide) groups is 1. The van der Waals surface area contributed by atoms with Gasteiger partial charge in [-0.25, -0.2) is 0 Å². The zero-order chi connectivity index (χ0) is 19.6. The molecule has 144 valence electrons. The van der Waals surface area contributed by atoms with Gasteiger partial charge in [-0.2, -0.15) is 0 Å². The van der Waals surface area contributed by atoms with Gasteiger partial charge in [0.2, 0.25) is 11.8 Å². The third-order valence-corrected chi connectivity index (χ3v) is 4.98. The van der Waals surface area contributed by atoms with Crippen LogP contribution in [0.1, 0.15) is 18.9 Å². The molecule has 2 aromatic rings. The fourth-order valence-corrected chi connectivity index (χ4v) is 3.41. The number of amides is 2. The van der Waals surface area contributed by atoms with Crippen LogP contribution in [0.4, 0.5) is 5.69 Å². The summed E-state index contributed by atoms with van der Waals surface area (Å²) in [6.45, 7) is 4.54. The molecular weight excluding hydrogens is 360 g/mol. The second-order valence-corrected chi connectivity index (χ2v) is 7.19. The van der Waals surface area contributed by atoms with Crippen LogP contribution < -0.4 is 10.1 Å². The molecule has 0 radical (unpaired) electrons. The van der Waals surface area contributed by atoms with Gasteiger partial charge in [0, 0.05) is 17.1 Å². The zero-order valence-electron chi connectivity index (χ0n) is 16.0. The molecule has 0 bridgehead atoms. The summed E-state index contributed by atoms with van der Waals surface area (Å²) in [5.74, 6) is 0.808. The highest BCUT2D eigenvalue weighted by atomic mass is 32.2. The van der Waals surface area contributed by atoms with Crippen molar-refractivity contribution in [1.29, 1.82) is 0 Å². The van der Waals surface area contributed by atoms with E-state index in [9.17, 15) is 9.59 Å².